The summed E-state index contributed by atoms with van der Waals surface area (Å²) in [4.78, 5) is 12.3. The molecular weight excluding hydrogens is 281 g/mol. The van der Waals surface area contributed by atoms with Crippen LogP contribution in [0.4, 0.5) is 4.39 Å². The Morgan fingerprint density at radius 2 is 2.00 bits per heavy atom. The van der Waals surface area contributed by atoms with E-state index in [4.69, 9.17) is 4.84 Å². The molecule has 0 radical (unpaired) electrons. The normalized spacial score (nSPS) is 24.0. The first kappa shape index (κ1) is 13.4. The molecule has 1 fully saturated rings. The molecule has 0 aliphatic carbocycles. The molecule has 4 rings (SSSR count). The molecule has 2 aliphatic heterocycles. The molecule has 0 amide bonds. The average Bonchev–Trinajstić information content (AvgIpc) is 3.09. The van der Waals surface area contributed by atoms with Crippen LogP contribution in [0.1, 0.15) is 11.3 Å². The maximum atomic E-state index is 13.1. The molecule has 0 saturated carbocycles. The topological polar surface area (TPSA) is 37.7 Å². The van der Waals surface area contributed by atoms with Crippen LogP contribution in [-0.4, -0.2) is 34.8 Å². The predicted molar refractivity (Wildman–Crippen MR) is 80.8 cm³/mol. The Balaban J connectivity index is 1.48. The van der Waals surface area contributed by atoms with Gasteiger partial charge in [0, 0.05) is 25.8 Å². The Bertz CT molecular complexity index is 687. The highest BCUT2D eigenvalue weighted by Gasteiger charge is 2.42. The summed E-state index contributed by atoms with van der Waals surface area (Å²) in [5, 5.41) is 4.21. The van der Waals surface area contributed by atoms with E-state index in [9.17, 15) is 4.39 Å². The number of oxime groups is 1. The summed E-state index contributed by atoms with van der Waals surface area (Å²) in [6.45, 7) is 2.54. The van der Waals surface area contributed by atoms with Gasteiger partial charge in [0.05, 0.1) is 17.3 Å². The van der Waals surface area contributed by atoms with E-state index >= 15 is 0 Å². The third-order valence-electron chi connectivity index (χ3n) is 4.23. The van der Waals surface area contributed by atoms with Gasteiger partial charge in [-0.15, -0.1) is 0 Å². The van der Waals surface area contributed by atoms with Crippen molar-refractivity contribution in [3.63, 3.8) is 0 Å². The number of likely N-dealkylation sites (tertiary alicyclic amines) is 1. The number of benzene rings is 1. The second kappa shape index (κ2) is 5.50. The van der Waals surface area contributed by atoms with Gasteiger partial charge >= 0.3 is 0 Å². The Hall–Kier alpha value is -2.27. The summed E-state index contributed by atoms with van der Waals surface area (Å²) in [6.07, 6.45) is 1.90. The summed E-state index contributed by atoms with van der Waals surface area (Å²) >= 11 is 0. The molecular formula is C17H16FN3O. The van der Waals surface area contributed by atoms with Gasteiger partial charge in [-0.1, -0.05) is 23.4 Å². The quantitative estimate of drug-likeness (QED) is 0.873. The van der Waals surface area contributed by atoms with Crippen LogP contribution in [0.5, 0.6) is 0 Å². The lowest BCUT2D eigenvalue weighted by molar-refractivity contribution is 0.0744. The molecule has 22 heavy (non-hydrogen) atoms. The van der Waals surface area contributed by atoms with Gasteiger partial charge in [0.25, 0.3) is 0 Å². The number of pyridine rings is 1. The molecule has 5 heteroatoms. The van der Waals surface area contributed by atoms with Crippen LogP contribution in [0.3, 0.4) is 0 Å². The molecule has 2 aromatic rings. The van der Waals surface area contributed by atoms with E-state index in [-0.39, 0.29) is 17.8 Å². The molecule has 1 aromatic carbocycles. The maximum absolute atomic E-state index is 13.1. The van der Waals surface area contributed by atoms with Gasteiger partial charge in [-0.3, -0.25) is 9.88 Å². The van der Waals surface area contributed by atoms with Crippen molar-refractivity contribution in [1.82, 2.24) is 9.88 Å². The molecule has 2 atom stereocenters. The number of rotatable bonds is 3. The van der Waals surface area contributed by atoms with Crippen LogP contribution in [0.2, 0.25) is 0 Å². The minimum absolute atomic E-state index is 0.0868. The van der Waals surface area contributed by atoms with Crippen LogP contribution in [-0.2, 0) is 11.4 Å². The van der Waals surface area contributed by atoms with Gasteiger partial charge < -0.3 is 4.84 Å². The third-order valence-corrected chi connectivity index (χ3v) is 4.23. The molecule has 2 aliphatic rings. The lowest BCUT2D eigenvalue weighted by Gasteiger charge is -2.15. The van der Waals surface area contributed by atoms with Crippen molar-refractivity contribution in [2.24, 2.45) is 11.1 Å². The number of nitrogens with zero attached hydrogens (tertiary/aromatic N) is 3. The highest BCUT2D eigenvalue weighted by molar-refractivity contribution is 6.03. The summed E-state index contributed by atoms with van der Waals surface area (Å²) < 4.78 is 13.1. The standard InChI is InChI=1S/C17H16FN3O/c18-13-6-4-12(5-7-13)17-15-10-21(11-16(15)22-20-17)9-14-3-1-2-8-19-14/h1-8,15-16H,9-11H2. The molecule has 3 heterocycles. The van der Waals surface area contributed by atoms with Gasteiger partial charge in [0.2, 0.25) is 0 Å². The van der Waals surface area contributed by atoms with E-state index in [1.807, 2.05) is 24.4 Å². The minimum Gasteiger partial charge on any atom is -0.390 e. The zero-order valence-corrected chi connectivity index (χ0v) is 12.0. The lowest BCUT2D eigenvalue weighted by atomic mass is 9.95. The second-order valence-corrected chi connectivity index (χ2v) is 5.75. The SMILES string of the molecule is Fc1ccc(C2=NOC3CN(Cc4ccccn4)CC23)cc1. The van der Waals surface area contributed by atoms with Crippen LogP contribution in [0.25, 0.3) is 0 Å². The Morgan fingerprint density at radius 1 is 1.14 bits per heavy atom. The summed E-state index contributed by atoms with van der Waals surface area (Å²) in [5.41, 5.74) is 2.92. The molecule has 0 spiro atoms. The Kier molecular flexibility index (Phi) is 3.35. The van der Waals surface area contributed by atoms with Gasteiger partial charge in [-0.05, 0) is 29.8 Å². The lowest BCUT2D eigenvalue weighted by Crippen LogP contribution is -2.23. The van der Waals surface area contributed by atoms with Crippen LogP contribution >= 0.6 is 0 Å². The van der Waals surface area contributed by atoms with Crippen LogP contribution in [0, 0.1) is 11.7 Å². The molecule has 112 valence electrons. The molecule has 0 bridgehead atoms. The summed E-state index contributed by atoms with van der Waals surface area (Å²) in [7, 11) is 0. The van der Waals surface area contributed by atoms with Crippen LogP contribution in [0.15, 0.2) is 53.8 Å². The van der Waals surface area contributed by atoms with Gasteiger partial charge in [-0.25, -0.2) is 4.39 Å². The molecule has 1 aromatic heterocycles. The van der Waals surface area contributed by atoms with Crippen molar-refractivity contribution < 1.29 is 9.23 Å². The predicted octanol–water partition coefficient (Wildman–Crippen LogP) is 2.46. The van der Waals surface area contributed by atoms with Crippen molar-refractivity contribution in [3.8, 4) is 0 Å². The first-order valence-corrected chi connectivity index (χ1v) is 7.41. The van der Waals surface area contributed by atoms with Gasteiger partial charge in [-0.2, -0.15) is 0 Å². The van der Waals surface area contributed by atoms with E-state index in [0.717, 1.165) is 36.6 Å². The van der Waals surface area contributed by atoms with Crippen molar-refractivity contribution >= 4 is 5.71 Å². The fraction of sp³-hybridized carbons (Fsp3) is 0.294. The fourth-order valence-corrected chi connectivity index (χ4v) is 3.15. The smallest absolute Gasteiger partial charge is 0.149 e. The number of hydrogen-bond acceptors (Lipinski definition) is 4. The number of fused-ring (bicyclic) bond motifs is 1. The third kappa shape index (κ3) is 2.48. The zero-order chi connectivity index (χ0) is 14.9. The highest BCUT2D eigenvalue weighted by Crippen LogP contribution is 2.30. The number of halogens is 1. The maximum Gasteiger partial charge on any atom is 0.149 e. The number of aromatic nitrogens is 1. The molecule has 2 unspecified atom stereocenters. The molecule has 0 N–H and O–H groups in total. The fourth-order valence-electron chi connectivity index (χ4n) is 3.15. The molecule has 4 nitrogen and oxygen atoms in total. The van der Waals surface area contributed by atoms with Crippen molar-refractivity contribution in [3.05, 3.63) is 65.7 Å². The zero-order valence-electron chi connectivity index (χ0n) is 12.0. The largest absolute Gasteiger partial charge is 0.390 e. The van der Waals surface area contributed by atoms with E-state index in [0.29, 0.717) is 0 Å². The van der Waals surface area contributed by atoms with Crippen LogP contribution < -0.4 is 0 Å². The van der Waals surface area contributed by atoms with E-state index in [2.05, 4.69) is 15.0 Å². The summed E-state index contributed by atoms with van der Waals surface area (Å²) in [6, 6.07) is 12.4. The Labute approximate surface area is 128 Å². The van der Waals surface area contributed by atoms with E-state index in [1.165, 1.54) is 12.1 Å². The number of hydrogen-bond donors (Lipinski definition) is 0. The van der Waals surface area contributed by atoms with Crippen molar-refractivity contribution in [1.29, 1.82) is 0 Å². The van der Waals surface area contributed by atoms with E-state index in [1.54, 1.807) is 12.1 Å². The van der Waals surface area contributed by atoms with E-state index < -0.39 is 0 Å². The van der Waals surface area contributed by atoms with Gasteiger partial charge in [0.1, 0.15) is 11.9 Å². The Morgan fingerprint density at radius 3 is 2.77 bits per heavy atom. The highest BCUT2D eigenvalue weighted by atomic mass is 19.1. The first-order valence-electron chi connectivity index (χ1n) is 7.41. The average molecular weight is 297 g/mol. The van der Waals surface area contributed by atoms with Gasteiger partial charge in [0.15, 0.2) is 0 Å². The first-order chi connectivity index (χ1) is 10.8. The van der Waals surface area contributed by atoms with Crippen molar-refractivity contribution in [2.75, 3.05) is 13.1 Å². The monoisotopic (exact) mass is 297 g/mol. The van der Waals surface area contributed by atoms with Crippen molar-refractivity contribution in [2.45, 2.75) is 12.6 Å². The minimum atomic E-state index is -0.233. The second-order valence-electron chi connectivity index (χ2n) is 5.75. The summed E-state index contributed by atoms with van der Waals surface area (Å²) in [5.74, 6) is 0.0113. The molecule has 1 saturated heterocycles.